The van der Waals surface area contributed by atoms with Gasteiger partial charge < -0.3 is 5.32 Å². The third-order valence-electron chi connectivity index (χ3n) is 4.27. The minimum Gasteiger partial charge on any atom is -0.325 e. The molecule has 0 atom stereocenters. The summed E-state index contributed by atoms with van der Waals surface area (Å²) in [6.07, 6.45) is 0.823. The van der Waals surface area contributed by atoms with Crippen LogP contribution in [0.3, 0.4) is 0 Å². The number of rotatable bonds is 5. The Labute approximate surface area is 147 Å². The van der Waals surface area contributed by atoms with Gasteiger partial charge in [-0.15, -0.1) is 0 Å². The van der Waals surface area contributed by atoms with E-state index in [0.717, 1.165) is 28.2 Å². The van der Waals surface area contributed by atoms with Gasteiger partial charge in [-0.25, -0.2) is 4.98 Å². The van der Waals surface area contributed by atoms with E-state index in [4.69, 9.17) is 0 Å². The molecule has 25 heavy (non-hydrogen) atoms. The zero-order chi connectivity index (χ0) is 17.8. The monoisotopic (exact) mass is 334 g/mol. The molecule has 0 unspecified atom stereocenters. The van der Waals surface area contributed by atoms with E-state index in [1.807, 2.05) is 32.0 Å². The molecule has 0 bridgehead atoms. The first-order chi connectivity index (χ1) is 12.0. The number of aryl methyl sites for hydroxylation is 2. The third-order valence-corrected chi connectivity index (χ3v) is 4.27. The molecule has 0 saturated heterocycles. The number of aromatic nitrogens is 3. The summed E-state index contributed by atoms with van der Waals surface area (Å²) < 4.78 is 0. The summed E-state index contributed by atoms with van der Waals surface area (Å²) in [6, 6.07) is 14.2. The predicted molar refractivity (Wildman–Crippen MR) is 98.6 cm³/mol. The number of hydrogen-bond acceptors (Lipinski definition) is 3. The number of amides is 1. The van der Waals surface area contributed by atoms with Crippen molar-refractivity contribution >= 4 is 11.6 Å². The zero-order valence-electron chi connectivity index (χ0n) is 14.8. The smallest absolute Gasteiger partial charge is 0.232 e. The van der Waals surface area contributed by atoms with Gasteiger partial charge in [0, 0.05) is 12.1 Å². The third kappa shape index (κ3) is 4.32. The van der Waals surface area contributed by atoms with Gasteiger partial charge in [-0.3, -0.25) is 9.89 Å². The molecule has 2 N–H and O–H groups in total. The Morgan fingerprint density at radius 3 is 2.60 bits per heavy atom. The van der Waals surface area contributed by atoms with Crippen molar-refractivity contribution in [3.63, 3.8) is 0 Å². The number of H-pyrrole nitrogens is 1. The molecule has 5 nitrogen and oxygen atoms in total. The number of nitrogens with zero attached hydrogens (tertiary/aromatic N) is 2. The fraction of sp³-hybridized carbons (Fsp3) is 0.250. The van der Waals surface area contributed by atoms with Gasteiger partial charge in [0.15, 0.2) is 5.82 Å². The Hall–Kier alpha value is -2.95. The predicted octanol–water partition coefficient (Wildman–Crippen LogP) is 3.50. The van der Waals surface area contributed by atoms with Crippen LogP contribution in [0.5, 0.6) is 0 Å². The highest BCUT2D eigenvalue weighted by atomic mass is 16.1. The average Bonchev–Trinajstić information content (AvgIpc) is 3.01. The number of hydrogen-bond donors (Lipinski definition) is 2. The van der Waals surface area contributed by atoms with Crippen LogP contribution in [0.1, 0.15) is 33.9 Å². The van der Waals surface area contributed by atoms with Crippen LogP contribution in [-0.2, 0) is 17.6 Å². The van der Waals surface area contributed by atoms with E-state index in [1.54, 1.807) is 0 Å². The average molecular weight is 334 g/mol. The minimum absolute atomic E-state index is 0.116. The number of benzene rings is 2. The fourth-order valence-corrected chi connectivity index (χ4v) is 2.62. The Bertz CT molecular complexity index is 881. The lowest BCUT2D eigenvalue weighted by Gasteiger charge is -2.09. The minimum atomic E-state index is -0.116. The van der Waals surface area contributed by atoms with Crippen molar-refractivity contribution in [2.75, 3.05) is 5.32 Å². The quantitative estimate of drug-likeness (QED) is 0.750. The van der Waals surface area contributed by atoms with Crippen LogP contribution in [-0.4, -0.2) is 21.1 Å². The molecule has 3 rings (SSSR count). The molecule has 0 fully saturated rings. The number of nitrogens with one attached hydrogen (secondary N) is 2. The van der Waals surface area contributed by atoms with E-state index in [2.05, 4.69) is 51.7 Å². The van der Waals surface area contributed by atoms with E-state index < -0.39 is 0 Å². The molecule has 0 saturated carbocycles. The van der Waals surface area contributed by atoms with Crippen molar-refractivity contribution in [2.24, 2.45) is 0 Å². The first-order valence-electron chi connectivity index (χ1n) is 8.33. The van der Waals surface area contributed by atoms with Crippen molar-refractivity contribution in [2.45, 2.75) is 33.6 Å². The number of anilines is 1. The maximum atomic E-state index is 12.2. The van der Waals surface area contributed by atoms with Crippen molar-refractivity contribution in [1.82, 2.24) is 15.2 Å². The van der Waals surface area contributed by atoms with Crippen LogP contribution in [0.25, 0.3) is 0 Å². The molecule has 1 aromatic heterocycles. The normalized spacial score (nSPS) is 10.7. The van der Waals surface area contributed by atoms with Gasteiger partial charge in [-0.05, 0) is 43.5 Å². The molecule has 128 valence electrons. The number of carbonyl (C=O) groups excluding carboxylic acids is 1. The van der Waals surface area contributed by atoms with Gasteiger partial charge in [-0.1, -0.05) is 42.0 Å². The van der Waals surface area contributed by atoms with Gasteiger partial charge in [0.25, 0.3) is 0 Å². The summed E-state index contributed by atoms with van der Waals surface area (Å²) in [6.45, 7) is 6.08. The Morgan fingerprint density at radius 1 is 1.08 bits per heavy atom. The Morgan fingerprint density at radius 2 is 1.84 bits per heavy atom. The fourth-order valence-electron chi connectivity index (χ4n) is 2.62. The topological polar surface area (TPSA) is 70.7 Å². The Balaban J connectivity index is 1.61. The summed E-state index contributed by atoms with van der Waals surface area (Å²) >= 11 is 0. The first kappa shape index (κ1) is 16.9. The Kier molecular flexibility index (Phi) is 4.93. The van der Waals surface area contributed by atoms with E-state index in [-0.39, 0.29) is 12.3 Å². The van der Waals surface area contributed by atoms with Crippen LogP contribution >= 0.6 is 0 Å². The largest absolute Gasteiger partial charge is 0.325 e. The molecule has 0 aliphatic carbocycles. The second kappa shape index (κ2) is 7.30. The molecular weight excluding hydrogens is 312 g/mol. The number of carbonyl (C=O) groups is 1. The standard InChI is InChI=1S/C20H22N4O/c1-13-7-9-16(10-8-13)11-18-22-19(24-23-18)12-20(25)21-17-6-4-5-14(2)15(17)3/h4-10H,11-12H2,1-3H3,(H,21,25)(H,22,23,24). The second-order valence-electron chi connectivity index (χ2n) is 6.33. The zero-order valence-corrected chi connectivity index (χ0v) is 14.8. The number of aromatic amines is 1. The van der Waals surface area contributed by atoms with E-state index >= 15 is 0 Å². The van der Waals surface area contributed by atoms with Gasteiger partial charge in [-0.2, -0.15) is 5.10 Å². The molecule has 1 heterocycles. The summed E-state index contributed by atoms with van der Waals surface area (Å²) in [7, 11) is 0. The SMILES string of the molecule is Cc1ccc(Cc2nc(CC(=O)Nc3cccc(C)c3C)n[nH]2)cc1. The van der Waals surface area contributed by atoms with Crippen molar-refractivity contribution < 1.29 is 4.79 Å². The van der Waals surface area contributed by atoms with Gasteiger partial charge >= 0.3 is 0 Å². The maximum Gasteiger partial charge on any atom is 0.232 e. The van der Waals surface area contributed by atoms with Crippen LogP contribution < -0.4 is 5.32 Å². The van der Waals surface area contributed by atoms with Gasteiger partial charge in [0.2, 0.25) is 5.91 Å². The molecule has 2 aromatic carbocycles. The summed E-state index contributed by atoms with van der Waals surface area (Å²) in [5.41, 5.74) is 5.45. The van der Waals surface area contributed by atoms with Crippen LogP contribution in [0, 0.1) is 20.8 Å². The lowest BCUT2D eigenvalue weighted by atomic mass is 10.1. The van der Waals surface area contributed by atoms with Crippen molar-refractivity contribution in [1.29, 1.82) is 0 Å². The molecular formula is C20H22N4O. The highest BCUT2D eigenvalue weighted by Gasteiger charge is 2.11. The highest BCUT2D eigenvalue weighted by molar-refractivity contribution is 5.92. The molecule has 0 aliphatic heterocycles. The highest BCUT2D eigenvalue weighted by Crippen LogP contribution is 2.18. The molecule has 1 amide bonds. The van der Waals surface area contributed by atoms with Crippen LogP contribution in [0.15, 0.2) is 42.5 Å². The maximum absolute atomic E-state index is 12.2. The summed E-state index contributed by atoms with van der Waals surface area (Å²) in [5.74, 6) is 1.15. The van der Waals surface area contributed by atoms with E-state index in [0.29, 0.717) is 12.2 Å². The van der Waals surface area contributed by atoms with Gasteiger partial charge in [0.1, 0.15) is 5.82 Å². The second-order valence-corrected chi connectivity index (χ2v) is 6.33. The van der Waals surface area contributed by atoms with Crippen LogP contribution in [0.2, 0.25) is 0 Å². The van der Waals surface area contributed by atoms with E-state index in [9.17, 15) is 4.79 Å². The lowest BCUT2D eigenvalue weighted by molar-refractivity contribution is -0.115. The van der Waals surface area contributed by atoms with Crippen molar-refractivity contribution in [3.8, 4) is 0 Å². The molecule has 5 heteroatoms. The summed E-state index contributed by atoms with van der Waals surface area (Å²) in [5, 5.41) is 10.0. The van der Waals surface area contributed by atoms with Crippen LogP contribution in [0.4, 0.5) is 5.69 Å². The lowest BCUT2D eigenvalue weighted by Crippen LogP contribution is -2.16. The first-order valence-corrected chi connectivity index (χ1v) is 8.33. The van der Waals surface area contributed by atoms with E-state index in [1.165, 1.54) is 5.56 Å². The molecule has 0 aliphatic rings. The molecule has 0 spiro atoms. The van der Waals surface area contributed by atoms with Gasteiger partial charge in [0.05, 0.1) is 6.42 Å². The molecule has 3 aromatic rings. The van der Waals surface area contributed by atoms with Crippen molar-refractivity contribution in [3.05, 3.63) is 76.4 Å². The molecule has 0 radical (unpaired) electrons. The summed E-state index contributed by atoms with van der Waals surface area (Å²) in [4.78, 5) is 16.7.